The number of aromatic nitrogens is 4. The number of phenolic OH excluding ortho intramolecular Hbond substituents is 1. The third-order valence-corrected chi connectivity index (χ3v) is 7.88. The second kappa shape index (κ2) is 9.02. The van der Waals surface area contributed by atoms with E-state index >= 15 is 0 Å². The Labute approximate surface area is 199 Å². The number of aromatic hydroxyl groups is 1. The van der Waals surface area contributed by atoms with Crippen LogP contribution in [0.2, 0.25) is 0 Å². The van der Waals surface area contributed by atoms with E-state index in [1.165, 1.54) is 23.1 Å². The quantitative estimate of drug-likeness (QED) is 0.387. The summed E-state index contributed by atoms with van der Waals surface area (Å²) in [6.45, 7) is 4.90. The van der Waals surface area contributed by atoms with Gasteiger partial charge in [0.25, 0.3) is 0 Å². The number of aryl methyl sites for hydroxylation is 1. The largest absolute Gasteiger partial charge is 0.508 e. The van der Waals surface area contributed by atoms with Gasteiger partial charge in [0.1, 0.15) is 11.6 Å². The van der Waals surface area contributed by atoms with Crippen molar-refractivity contribution in [3.8, 4) is 5.75 Å². The van der Waals surface area contributed by atoms with Crippen molar-refractivity contribution in [1.29, 1.82) is 0 Å². The van der Waals surface area contributed by atoms with Gasteiger partial charge in [0.15, 0.2) is 0 Å². The van der Waals surface area contributed by atoms with Gasteiger partial charge >= 0.3 is 0 Å². The molecule has 0 spiro atoms. The third-order valence-electron chi connectivity index (χ3n) is 7.88. The van der Waals surface area contributed by atoms with E-state index in [9.17, 15) is 5.11 Å². The number of nitrogens with one attached hydrogen (secondary N) is 4. The van der Waals surface area contributed by atoms with Crippen molar-refractivity contribution in [3.05, 3.63) is 71.3 Å². The van der Waals surface area contributed by atoms with E-state index < -0.39 is 0 Å². The van der Waals surface area contributed by atoms with Crippen molar-refractivity contribution in [1.82, 2.24) is 35.7 Å². The van der Waals surface area contributed by atoms with Gasteiger partial charge < -0.3 is 15.1 Å². The lowest BCUT2D eigenvalue weighted by Gasteiger charge is -2.33. The molecule has 4 heterocycles. The lowest BCUT2D eigenvalue weighted by atomic mass is 9.73. The van der Waals surface area contributed by atoms with Gasteiger partial charge in [-0.25, -0.2) is 15.4 Å². The zero-order chi connectivity index (χ0) is 23.1. The topological polar surface area (TPSA) is 105 Å². The summed E-state index contributed by atoms with van der Waals surface area (Å²) in [7, 11) is 0. The molecule has 0 radical (unpaired) electrons. The molecule has 1 aromatic carbocycles. The lowest BCUT2D eigenvalue weighted by molar-refractivity contribution is 0.276. The van der Waals surface area contributed by atoms with Crippen molar-refractivity contribution < 1.29 is 5.11 Å². The van der Waals surface area contributed by atoms with Crippen LogP contribution in [0.1, 0.15) is 66.5 Å². The molecular weight excluding hydrogens is 426 g/mol. The molecule has 2 aliphatic heterocycles. The van der Waals surface area contributed by atoms with E-state index in [2.05, 4.69) is 49.8 Å². The minimum Gasteiger partial charge on any atom is -0.508 e. The Hall–Kier alpha value is -2.94. The fourth-order valence-corrected chi connectivity index (χ4v) is 6.11. The Balaban J connectivity index is 1.10. The molecule has 4 unspecified atom stereocenters. The zero-order valence-corrected chi connectivity index (χ0v) is 19.6. The molecule has 0 amide bonds. The first kappa shape index (κ1) is 21.6. The first-order chi connectivity index (χ1) is 16.7. The Morgan fingerprint density at radius 2 is 2.12 bits per heavy atom. The molecule has 34 heavy (non-hydrogen) atoms. The van der Waals surface area contributed by atoms with Gasteiger partial charge in [0, 0.05) is 37.6 Å². The molecule has 6 rings (SSSR count). The summed E-state index contributed by atoms with van der Waals surface area (Å²) in [5.41, 5.74) is 13.4. The molecule has 8 nitrogen and oxygen atoms in total. The highest BCUT2D eigenvalue weighted by atomic mass is 16.3. The Bertz CT molecular complexity index is 1170. The minimum atomic E-state index is 0.202. The molecule has 8 heteroatoms. The summed E-state index contributed by atoms with van der Waals surface area (Å²) in [5, 5.41) is 9.89. The predicted octanol–water partition coefficient (Wildman–Crippen LogP) is 3.40. The van der Waals surface area contributed by atoms with Gasteiger partial charge in [-0.05, 0) is 66.4 Å². The monoisotopic (exact) mass is 459 g/mol. The summed E-state index contributed by atoms with van der Waals surface area (Å²) in [6.07, 6.45) is 12.3. The Kier molecular flexibility index (Phi) is 5.72. The lowest BCUT2D eigenvalue weighted by Crippen LogP contribution is -2.35. The van der Waals surface area contributed by atoms with Crippen LogP contribution in [0.25, 0.3) is 5.57 Å². The molecule has 178 valence electrons. The van der Waals surface area contributed by atoms with Gasteiger partial charge in [-0.3, -0.25) is 10.3 Å². The maximum absolute atomic E-state index is 9.89. The average molecular weight is 460 g/mol. The fourth-order valence-electron chi connectivity index (χ4n) is 6.11. The SMILES string of the molecule is CCc1cc(O)ccc1C1CCC2C(C1)NNC2c1ncc(C2=CCN(Cc3cnc[nH]3)C2)[nH]1. The molecule has 0 bridgehead atoms. The smallest absolute Gasteiger partial charge is 0.125 e. The van der Waals surface area contributed by atoms with E-state index in [0.717, 1.165) is 56.1 Å². The van der Waals surface area contributed by atoms with Crippen molar-refractivity contribution in [3.63, 3.8) is 0 Å². The van der Waals surface area contributed by atoms with Gasteiger partial charge in [0.2, 0.25) is 0 Å². The van der Waals surface area contributed by atoms with E-state index in [-0.39, 0.29) is 6.04 Å². The van der Waals surface area contributed by atoms with Gasteiger partial charge in [0.05, 0.1) is 24.3 Å². The summed E-state index contributed by atoms with van der Waals surface area (Å²) < 4.78 is 0. The van der Waals surface area contributed by atoms with Crippen molar-refractivity contribution >= 4 is 5.57 Å². The van der Waals surface area contributed by atoms with Gasteiger partial charge in [-0.1, -0.05) is 19.1 Å². The molecule has 2 aromatic heterocycles. The number of phenols is 1. The van der Waals surface area contributed by atoms with Crippen LogP contribution < -0.4 is 10.9 Å². The number of hydrogen-bond donors (Lipinski definition) is 5. The summed E-state index contributed by atoms with van der Waals surface area (Å²) >= 11 is 0. The Morgan fingerprint density at radius 3 is 2.97 bits per heavy atom. The summed E-state index contributed by atoms with van der Waals surface area (Å²) in [5.74, 6) is 2.44. The van der Waals surface area contributed by atoms with Crippen LogP contribution in [0.4, 0.5) is 0 Å². The van der Waals surface area contributed by atoms with E-state index in [1.807, 2.05) is 24.5 Å². The fraction of sp³-hybridized carbons (Fsp3) is 0.462. The number of H-pyrrole nitrogens is 2. The van der Waals surface area contributed by atoms with Crippen LogP contribution >= 0.6 is 0 Å². The number of benzene rings is 1. The standard InChI is InChI=1S/C26H33N7O/c1-2-16-9-20(34)4-6-21(16)17-3-5-22-23(10-17)31-32-25(22)26-28-12-24(30-26)18-7-8-33(13-18)14-19-11-27-15-29-19/h4,6-7,9,11-12,15,17,22-23,25,31-32,34H,2-3,5,8,10,13-14H2,1H3,(H,27,29)(H,28,30). The van der Waals surface area contributed by atoms with Crippen LogP contribution in [-0.2, 0) is 13.0 Å². The zero-order valence-electron chi connectivity index (χ0n) is 19.6. The highest BCUT2D eigenvalue weighted by Gasteiger charge is 2.42. The predicted molar refractivity (Wildman–Crippen MR) is 131 cm³/mol. The first-order valence-corrected chi connectivity index (χ1v) is 12.4. The Morgan fingerprint density at radius 1 is 1.18 bits per heavy atom. The minimum absolute atomic E-state index is 0.202. The molecule has 1 aliphatic carbocycles. The van der Waals surface area contributed by atoms with Crippen molar-refractivity contribution in [2.45, 2.75) is 57.2 Å². The van der Waals surface area contributed by atoms with Crippen LogP contribution in [0.15, 0.2) is 43.0 Å². The van der Waals surface area contributed by atoms with E-state index in [1.54, 1.807) is 6.33 Å². The molecule has 3 aliphatic rings. The average Bonchev–Trinajstić information content (AvgIpc) is 3.65. The van der Waals surface area contributed by atoms with Crippen molar-refractivity contribution in [2.24, 2.45) is 5.92 Å². The normalized spacial score (nSPS) is 27.1. The number of aromatic amines is 2. The highest BCUT2D eigenvalue weighted by Crippen LogP contribution is 2.44. The first-order valence-electron chi connectivity index (χ1n) is 12.4. The van der Waals surface area contributed by atoms with Crippen LogP contribution in [-0.4, -0.2) is 49.1 Å². The van der Waals surface area contributed by atoms with Crippen LogP contribution in [0.5, 0.6) is 5.75 Å². The van der Waals surface area contributed by atoms with Crippen molar-refractivity contribution in [2.75, 3.05) is 13.1 Å². The molecule has 1 saturated heterocycles. The summed E-state index contributed by atoms with van der Waals surface area (Å²) in [4.78, 5) is 18.1. The number of imidazole rings is 2. The molecule has 4 atom stereocenters. The number of nitrogens with zero attached hydrogens (tertiary/aromatic N) is 3. The molecule has 1 saturated carbocycles. The van der Waals surface area contributed by atoms with Crippen LogP contribution in [0.3, 0.4) is 0 Å². The number of rotatable bonds is 6. The van der Waals surface area contributed by atoms with Gasteiger partial charge in [-0.15, -0.1) is 0 Å². The number of hydrazine groups is 1. The molecule has 3 aromatic rings. The molecular formula is C26H33N7O. The maximum atomic E-state index is 9.89. The highest BCUT2D eigenvalue weighted by molar-refractivity contribution is 5.66. The second-order valence-corrected chi connectivity index (χ2v) is 9.94. The van der Waals surface area contributed by atoms with E-state index in [4.69, 9.17) is 4.98 Å². The molecule has 2 fully saturated rings. The van der Waals surface area contributed by atoms with E-state index in [0.29, 0.717) is 23.6 Å². The second-order valence-electron chi connectivity index (χ2n) is 9.94. The number of hydrogen-bond acceptors (Lipinski definition) is 6. The van der Waals surface area contributed by atoms with Crippen LogP contribution in [0, 0.1) is 5.92 Å². The number of fused-ring (bicyclic) bond motifs is 1. The third kappa shape index (κ3) is 4.06. The van der Waals surface area contributed by atoms with Gasteiger partial charge in [-0.2, -0.15) is 0 Å². The molecule has 5 N–H and O–H groups in total. The maximum Gasteiger partial charge on any atom is 0.125 e. The summed E-state index contributed by atoms with van der Waals surface area (Å²) in [6, 6.07) is 6.52.